The van der Waals surface area contributed by atoms with Crippen LogP contribution in [0.3, 0.4) is 0 Å². The van der Waals surface area contributed by atoms with Gasteiger partial charge in [-0.1, -0.05) is 24.6 Å². The first-order valence-corrected chi connectivity index (χ1v) is 5.92. The van der Waals surface area contributed by atoms with Crippen LogP contribution in [0.15, 0.2) is 23.0 Å². The molecular weight excluding hydrogens is 212 g/mol. The van der Waals surface area contributed by atoms with Crippen molar-refractivity contribution in [2.24, 2.45) is 0 Å². The second kappa shape index (κ2) is 4.24. The molecule has 1 heterocycles. The Hall–Kier alpha value is -1.77. The minimum absolute atomic E-state index is 0.0498. The van der Waals surface area contributed by atoms with Gasteiger partial charge in [-0.05, 0) is 38.8 Å². The van der Waals surface area contributed by atoms with E-state index in [4.69, 9.17) is 0 Å². The number of hydrogen-bond acceptors (Lipinski definition) is 1. The van der Waals surface area contributed by atoms with Crippen LogP contribution >= 0.6 is 0 Å². The number of H-pyrrole nitrogens is 1. The lowest BCUT2D eigenvalue weighted by atomic mass is 10.1. The zero-order valence-corrected chi connectivity index (χ0v) is 10.8. The van der Waals surface area contributed by atoms with Crippen LogP contribution in [0.2, 0.25) is 0 Å². The van der Waals surface area contributed by atoms with Gasteiger partial charge in [0.05, 0.1) is 5.69 Å². The number of hydrogen-bond donors (Lipinski definition) is 1. The fourth-order valence-corrected chi connectivity index (χ4v) is 2.14. The molecule has 3 heteroatoms. The van der Waals surface area contributed by atoms with Crippen molar-refractivity contribution in [2.45, 2.75) is 34.1 Å². The van der Waals surface area contributed by atoms with Crippen molar-refractivity contribution in [2.75, 3.05) is 0 Å². The Kier molecular flexibility index (Phi) is 2.92. The van der Waals surface area contributed by atoms with E-state index in [0.29, 0.717) is 0 Å². The monoisotopic (exact) mass is 230 g/mol. The maximum atomic E-state index is 12.1. The van der Waals surface area contributed by atoms with Crippen molar-refractivity contribution in [1.29, 1.82) is 0 Å². The maximum absolute atomic E-state index is 12.1. The summed E-state index contributed by atoms with van der Waals surface area (Å²) < 4.78 is 1.64. The zero-order chi connectivity index (χ0) is 12.6. The Balaban J connectivity index is 2.65. The molecule has 0 spiro atoms. The van der Waals surface area contributed by atoms with E-state index in [2.05, 4.69) is 18.1 Å². The number of rotatable bonds is 2. The standard InChI is InChI=1S/C14H18N2O/c1-5-12-11(4)14(17)16(15-12)13-7-6-9(2)8-10(13)3/h6-8,15H,5H2,1-4H3. The molecule has 0 fully saturated rings. The molecule has 0 atom stereocenters. The van der Waals surface area contributed by atoms with Crippen LogP contribution in [0, 0.1) is 20.8 Å². The topological polar surface area (TPSA) is 37.8 Å². The largest absolute Gasteiger partial charge is 0.295 e. The van der Waals surface area contributed by atoms with E-state index in [-0.39, 0.29) is 5.56 Å². The summed E-state index contributed by atoms with van der Waals surface area (Å²) in [5, 5.41) is 3.18. The van der Waals surface area contributed by atoms with E-state index < -0.39 is 0 Å². The van der Waals surface area contributed by atoms with Crippen molar-refractivity contribution < 1.29 is 0 Å². The van der Waals surface area contributed by atoms with Gasteiger partial charge in [-0.15, -0.1) is 0 Å². The molecule has 0 saturated heterocycles. The van der Waals surface area contributed by atoms with Gasteiger partial charge >= 0.3 is 0 Å². The lowest BCUT2D eigenvalue weighted by Crippen LogP contribution is -2.16. The summed E-state index contributed by atoms with van der Waals surface area (Å²) in [4.78, 5) is 12.1. The zero-order valence-electron chi connectivity index (χ0n) is 10.8. The van der Waals surface area contributed by atoms with Gasteiger partial charge in [-0.2, -0.15) is 0 Å². The molecule has 90 valence electrons. The molecule has 0 unspecified atom stereocenters. The average molecular weight is 230 g/mol. The summed E-state index contributed by atoms with van der Waals surface area (Å²) in [6.45, 7) is 8.00. The molecule has 17 heavy (non-hydrogen) atoms. The Morgan fingerprint density at radius 2 is 1.94 bits per heavy atom. The molecule has 0 aliphatic heterocycles. The first-order chi connectivity index (χ1) is 8.04. The van der Waals surface area contributed by atoms with Crippen LogP contribution in [0.4, 0.5) is 0 Å². The number of nitrogens with one attached hydrogen (secondary N) is 1. The number of benzene rings is 1. The highest BCUT2D eigenvalue weighted by Crippen LogP contribution is 2.14. The van der Waals surface area contributed by atoms with Crippen molar-refractivity contribution >= 4 is 0 Å². The van der Waals surface area contributed by atoms with Gasteiger partial charge in [0.25, 0.3) is 5.56 Å². The first-order valence-electron chi connectivity index (χ1n) is 5.92. The summed E-state index contributed by atoms with van der Waals surface area (Å²) >= 11 is 0. The van der Waals surface area contributed by atoms with E-state index >= 15 is 0 Å². The van der Waals surface area contributed by atoms with E-state index in [1.807, 2.05) is 32.9 Å². The molecule has 0 aliphatic carbocycles. The Bertz CT molecular complexity index is 605. The van der Waals surface area contributed by atoms with Gasteiger partial charge < -0.3 is 0 Å². The maximum Gasteiger partial charge on any atom is 0.274 e. The number of nitrogens with zero attached hydrogens (tertiary/aromatic N) is 1. The average Bonchev–Trinajstić information content (AvgIpc) is 2.57. The number of aryl methyl sites for hydroxylation is 3. The van der Waals surface area contributed by atoms with Gasteiger partial charge in [0.15, 0.2) is 0 Å². The minimum Gasteiger partial charge on any atom is -0.295 e. The van der Waals surface area contributed by atoms with E-state index in [1.54, 1.807) is 4.68 Å². The van der Waals surface area contributed by atoms with Crippen LogP contribution in [0.5, 0.6) is 0 Å². The molecule has 1 aromatic carbocycles. The highest BCUT2D eigenvalue weighted by molar-refractivity contribution is 5.42. The summed E-state index contributed by atoms with van der Waals surface area (Å²) in [7, 11) is 0. The highest BCUT2D eigenvalue weighted by atomic mass is 16.1. The van der Waals surface area contributed by atoms with Crippen LogP contribution in [-0.2, 0) is 6.42 Å². The molecule has 0 radical (unpaired) electrons. The molecule has 0 saturated carbocycles. The molecule has 2 rings (SSSR count). The van der Waals surface area contributed by atoms with Gasteiger partial charge in [0.2, 0.25) is 0 Å². The van der Waals surface area contributed by atoms with Gasteiger partial charge in [0.1, 0.15) is 0 Å². The predicted molar refractivity (Wildman–Crippen MR) is 70.0 cm³/mol. The van der Waals surface area contributed by atoms with Crippen LogP contribution in [-0.4, -0.2) is 9.78 Å². The van der Waals surface area contributed by atoms with Gasteiger partial charge in [0, 0.05) is 11.3 Å². The first kappa shape index (κ1) is 11.7. The van der Waals surface area contributed by atoms with Gasteiger partial charge in [-0.25, -0.2) is 4.68 Å². The molecule has 1 N–H and O–H groups in total. The fourth-order valence-electron chi connectivity index (χ4n) is 2.14. The molecule has 0 bridgehead atoms. The SMILES string of the molecule is CCc1[nH]n(-c2ccc(C)cc2C)c(=O)c1C. The molecule has 3 nitrogen and oxygen atoms in total. The third kappa shape index (κ3) is 1.93. The van der Waals surface area contributed by atoms with Crippen molar-refractivity contribution in [3.8, 4) is 5.69 Å². The molecular formula is C14H18N2O. The fraction of sp³-hybridized carbons (Fsp3) is 0.357. The van der Waals surface area contributed by atoms with Gasteiger partial charge in [-0.3, -0.25) is 9.89 Å². The summed E-state index contributed by atoms with van der Waals surface area (Å²) in [5.74, 6) is 0. The van der Waals surface area contributed by atoms with Crippen LogP contribution < -0.4 is 5.56 Å². The van der Waals surface area contributed by atoms with Crippen molar-refractivity contribution in [3.05, 3.63) is 50.9 Å². The van der Waals surface area contributed by atoms with E-state index in [0.717, 1.165) is 28.9 Å². The molecule has 0 amide bonds. The third-order valence-electron chi connectivity index (χ3n) is 3.17. The van der Waals surface area contributed by atoms with E-state index in [9.17, 15) is 4.79 Å². The Morgan fingerprint density at radius 1 is 1.24 bits per heavy atom. The quantitative estimate of drug-likeness (QED) is 0.846. The lowest BCUT2D eigenvalue weighted by molar-refractivity contribution is 0.813. The van der Waals surface area contributed by atoms with E-state index in [1.165, 1.54) is 5.56 Å². The van der Waals surface area contributed by atoms with Crippen LogP contribution in [0.25, 0.3) is 5.69 Å². The molecule has 1 aromatic heterocycles. The summed E-state index contributed by atoms with van der Waals surface area (Å²) in [6.07, 6.45) is 0.846. The normalized spacial score (nSPS) is 10.8. The predicted octanol–water partition coefficient (Wildman–Crippen LogP) is 2.65. The summed E-state index contributed by atoms with van der Waals surface area (Å²) in [5.41, 5.74) is 5.12. The smallest absolute Gasteiger partial charge is 0.274 e. The highest BCUT2D eigenvalue weighted by Gasteiger charge is 2.11. The third-order valence-corrected chi connectivity index (χ3v) is 3.17. The van der Waals surface area contributed by atoms with Crippen molar-refractivity contribution in [3.63, 3.8) is 0 Å². The number of aromatic amines is 1. The molecule has 2 aromatic rings. The Morgan fingerprint density at radius 3 is 2.47 bits per heavy atom. The lowest BCUT2D eigenvalue weighted by Gasteiger charge is -2.06. The van der Waals surface area contributed by atoms with Crippen LogP contribution in [0.1, 0.15) is 29.3 Å². The second-order valence-electron chi connectivity index (χ2n) is 4.50. The number of aromatic nitrogens is 2. The summed E-state index contributed by atoms with van der Waals surface area (Å²) in [6, 6.07) is 6.10. The Labute approximate surface area is 101 Å². The molecule has 0 aliphatic rings. The van der Waals surface area contributed by atoms with Crippen molar-refractivity contribution in [1.82, 2.24) is 9.78 Å². The minimum atomic E-state index is 0.0498. The second-order valence-corrected chi connectivity index (χ2v) is 4.50.